The van der Waals surface area contributed by atoms with Gasteiger partial charge in [-0.1, -0.05) is 66.7 Å². The molecule has 0 bridgehead atoms. The van der Waals surface area contributed by atoms with Gasteiger partial charge in [0.05, 0.1) is 5.56 Å². The van der Waals surface area contributed by atoms with Gasteiger partial charge in [-0.25, -0.2) is 0 Å². The zero-order chi connectivity index (χ0) is 17.9. The molecule has 0 fully saturated rings. The molecule has 3 rings (SSSR count). The first-order valence-corrected chi connectivity index (χ1v) is 7.49. The Hall–Kier alpha value is -3.08. The van der Waals surface area contributed by atoms with Gasteiger partial charge >= 0.3 is 6.36 Å². The minimum Gasteiger partial charge on any atom is -0.405 e. The van der Waals surface area contributed by atoms with Crippen molar-refractivity contribution in [3.63, 3.8) is 0 Å². The van der Waals surface area contributed by atoms with Crippen LogP contribution >= 0.6 is 0 Å². The Morgan fingerprint density at radius 1 is 0.720 bits per heavy atom. The summed E-state index contributed by atoms with van der Waals surface area (Å²) in [7, 11) is 0. The van der Waals surface area contributed by atoms with E-state index in [1.807, 2.05) is 30.3 Å². The van der Waals surface area contributed by atoms with Crippen molar-refractivity contribution in [2.24, 2.45) is 0 Å². The first kappa shape index (κ1) is 16.8. The molecular formula is C20H13F3O2. The lowest BCUT2D eigenvalue weighted by Gasteiger charge is -2.12. The molecule has 0 aliphatic heterocycles. The lowest BCUT2D eigenvalue weighted by atomic mass is 9.99. The van der Waals surface area contributed by atoms with Crippen LogP contribution in [0.1, 0.15) is 15.9 Å². The molecule has 3 aromatic carbocycles. The molecule has 0 unspecified atom stereocenters. The van der Waals surface area contributed by atoms with Crippen molar-refractivity contribution < 1.29 is 22.7 Å². The monoisotopic (exact) mass is 342 g/mol. The first-order valence-electron chi connectivity index (χ1n) is 7.49. The molecule has 0 aliphatic rings. The summed E-state index contributed by atoms with van der Waals surface area (Å²) in [5.41, 5.74) is 2.06. The van der Waals surface area contributed by atoms with E-state index in [1.165, 1.54) is 18.2 Å². The van der Waals surface area contributed by atoms with Gasteiger partial charge in [0.1, 0.15) is 5.75 Å². The summed E-state index contributed by atoms with van der Waals surface area (Å²) in [5, 5.41) is 0. The molecule has 2 nitrogen and oxygen atoms in total. The van der Waals surface area contributed by atoms with Crippen LogP contribution in [0, 0.1) is 0 Å². The van der Waals surface area contributed by atoms with Crippen molar-refractivity contribution in [1.29, 1.82) is 0 Å². The van der Waals surface area contributed by atoms with Gasteiger partial charge in [-0.3, -0.25) is 4.79 Å². The van der Waals surface area contributed by atoms with Gasteiger partial charge in [0.15, 0.2) is 5.78 Å². The van der Waals surface area contributed by atoms with Crippen LogP contribution in [0.3, 0.4) is 0 Å². The Morgan fingerprint density at radius 2 is 1.28 bits per heavy atom. The third kappa shape index (κ3) is 4.07. The molecule has 0 aromatic heterocycles. The maximum atomic E-state index is 12.6. The number of alkyl halides is 3. The van der Waals surface area contributed by atoms with Gasteiger partial charge in [-0.15, -0.1) is 13.2 Å². The average Bonchev–Trinajstić information content (AvgIpc) is 2.61. The summed E-state index contributed by atoms with van der Waals surface area (Å²) in [6.07, 6.45) is -4.85. The van der Waals surface area contributed by atoms with Crippen LogP contribution in [0.4, 0.5) is 13.2 Å². The molecular weight excluding hydrogens is 329 g/mol. The van der Waals surface area contributed by atoms with Crippen LogP contribution in [0.2, 0.25) is 0 Å². The molecule has 0 radical (unpaired) electrons. The molecule has 126 valence electrons. The molecule has 5 heteroatoms. The van der Waals surface area contributed by atoms with E-state index < -0.39 is 17.9 Å². The highest BCUT2D eigenvalue weighted by Crippen LogP contribution is 2.28. The second-order valence-corrected chi connectivity index (χ2v) is 5.32. The van der Waals surface area contributed by atoms with Crippen LogP contribution in [-0.2, 0) is 0 Å². The number of rotatable bonds is 4. The van der Waals surface area contributed by atoms with Gasteiger partial charge in [0.25, 0.3) is 0 Å². The number of ether oxygens (including phenoxy) is 1. The fourth-order valence-electron chi connectivity index (χ4n) is 2.47. The molecule has 0 amide bonds. The summed E-state index contributed by atoms with van der Waals surface area (Å²) in [6, 6.07) is 21.6. The summed E-state index contributed by atoms with van der Waals surface area (Å²) in [6.45, 7) is 0. The molecule has 0 saturated carbocycles. The smallest absolute Gasteiger partial charge is 0.405 e. The fraction of sp³-hybridized carbons (Fsp3) is 0.0500. The highest BCUT2D eigenvalue weighted by atomic mass is 19.4. The average molecular weight is 342 g/mol. The number of carbonyl (C=O) groups is 1. The van der Waals surface area contributed by atoms with Crippen LogP contribution < -0.4 is 4.74 Å². The Labute approximate surface area is 142 Å². The Bertz CT molecular complexity index is 869. The van der Waals surface area contributed by atoms with E-state index in [2.05, 4.69) is 4.74 Å². The topological polar surface area (TPSA) is 26.3 Å². The van der Waals surface area contributed by atoms with Crippen molar-refractivity contribution in [2.75, 3.05) is 0 Å². The van der Waals surface area contributed by atoms with Crippen molar-refractivity contribution in [1.82, 2.24) is 0 Å². The second kappa shape index (κ2) is 6.81. The first-order chi connectivity index (χ1) is 11.9. The minimum absolute atomic E-state index is 0.132. The largest absolute Gasteiger partial charge is 0.573 e. The number of ketones is 1. The third-order valence-corrected chi connectivity index (χ3v) is 3.61. The summed E-state index contributed by atoms with van der Waals surface area (Å²) in [4.78, 5) is 12.6. The molecule has 0 N–H and O–H groups in total. The van der Waals surface area contributed by atoms with E-state index in [1.54, 1.807) is 24.3 Å². The maximum Gasteiger partial charge on any atom is 0.573 e. The van der Waals surface area contributed by atoms with E-state index in [-0.39, 0.29) is 11.1 Å². The van der Waals surface area contributed by atoms with Crippen LogP contribution in [0.5, 0.6) is 5.75 Å². The van der Waals surface area contributed by atoms with Gasteiger partial charge in [-0.05, 0) is 23.3 Å². The van der Waals surface area contributed by atoms with Crippen molar-refractivity contribution >= 4 is 5.78 Å². The van der Waals surface area contributed by atoms with Crippen molar-refractivity contribution in [3.05, 3.63) is 90.0 Å². The SMILES string of the molecule is O=C(c1ccc(-c2ccccc2)cc1)c1ccccc1OC(F)(F)F. The quantitative estimate of drug-likeness (QED) is 0.587. The molecule has 25 heavy (non-hydrogen) atoms. The number of para-hydroxylation sites is 1. The Morgan fingerprint density at radius 3 is 1.92 bits per heavy atom. The Balaban J connectivity index is 1.89. The molecule has 3 aromatic rings. The zero-order valence-electron chi connectivity index (χ0n) is 13.0. The van der Waals surface area contributed by atoms with Gasteiger partial charge in [-0.2, -0.15) is 0 Å². The number of halogens is 3. The lowest BCUT2D eigenvalue weighted by molar-refractivity contribution is -0.274. The van der Waals surface area contributed by atoms with Crippen molar-refractivity contribution in [3.8, 4) is 16.9 Å². The maximum absolute atomic E-state index is 12.6. The predicted octanol–water partition coefficient (Wildman–Crippen LogP) is 5.48. The van der Waals surface area contributed by atoms with Crippen LogP contribution in [0.25, 0.3) is 11.1 Å². The van der Waals surface area contributed by atoms with E-state index in [9.17, 15) is 18.0 Å². The third-order valence-electron chi connectivity index (χ3n) is 3.61. The number of hydrogen-bond acceptors (Lipinski definition) is 2. The normalized spacial score (nSPS) is 11.2. The van der Waals surface area contributed by atoms with E-state index in [0.717, 1.165) is 17.2 Å². The van der Waals surface area contributed by atoms with Crippen LogP contribution in [0.15, 0.2) is 78.9 Å². The highest BCUT2D eigenvalue weighted by Gasteiger charge is 2.32. The van der Waals surface area contributed by atoms with Crippen LogP contribution in [-0.4, -0.2) is 12.1 Å². The van der Waals surface area contributed by atoms with Gasteiger partial charge in [0.2, 0.25) is 0 Å². The molecule has 0 aliphatic carbocycles. The lowest BCUT2D eigenvalue weighted by Crippen LogP contribution is -2.19. The predicted molar refractivity (Wildman–Crippen MR) is 88.4 cm³/mol. The number of hydrogen-bond donors (Lipinski definition) is 0. The minimum atomic E-state index is -4.85. The summed E-state index contributed by atoms with van der Waals surface area (Å²) >= 11 is 0. The number of benzene rings is 3. The van der Waals surface area contributed by atoms with Crippen molar-refractivity contribution in [2.45, 2.75) is 6.36 Å². The molecule has 0 spiro atoms. The van der Waals surface area contributed by atoms with E-state index in [0.29, 0.717) is 0 Å². The summed E-state index contributed by atoms with van der Waals surface area (Å²) < 4.78 is 41.4. The molecule has 0 saturated heterocycles. The van der Waals surface area contributed by atoms with E-state index in [4.69, 9.17) is 0 Å². The van der Waals surface area contributed by atoms with Gasteiger partial charge in [0, 0.05) is 5.56 Å². The standard InChI is InChI=1S/C20H13F3O2/c21-20(22,23)25-18-9-5-4-8-17(18)19(24)16-12-10-15(11-13-16)14-6-2-1-3-7-14/h1-13H. The van der Waals surface area contributed by atoms with E-state index >= 15 is 0 Å². The number of carbonyl (C=O) groups excluding carboxylic acids is 1. The second-order valence-electron chi connectivity index (χ2n) is 5.32. The Kier molecular flexibility index (Phi) is 4.57. The van der Waals surface area contributed by atoms with Gasteiger partial charge < -0.3 is 4.74 Å². The molecule has 0 atom stereocenters. The fourth-order valence-corrected chi connectivity index (χ4v) is 2.47. The zero-order valence-corrected chi connectivity index (χ0v) is 13.0. The highest BCUT2D eigenvalue weighted by molar-refractivity contribution is 6.10. The molecule has 0 heterocycles. The summed E-state index contributed by atoms with van der Waals surface area (Å²) in [5.74, 6) is -1.04.